The Morgan fingerprint density at radius 3 is 2.29 bits per heavy atom. The molecule has 0 saturated carbocycles. The Bertz CT molecular complexity index is 666. The molecule has 0 atom stereocenters. The number of imidazole rings is 1. The Kier molecular flexibility index (Phi) is 6.62. The van der Waals surface area contributed by atoms with Gasteiger partial charge in [0.1, 0.15) is 11.6 Å². The lowest BCUT2D eigenvalue weighted by Gasteiger charge is -2.32. The Morgan fingerprint density at radius 2 is 1.67 bits per heavy atom. The number of hydrogen-bond acceptors (Lipinski definition) is 4. The molecule has 1 aliphatic rings. The Hall–Kier alpha value is -1.15. The third kappa shape index (κ3) is 4.69. The van der Waals surface area contributed by atoms with Gasteiger partial charge in [0.2, 0.25) is 0 Å². The SMILES string of the molecule is CN1CCN(Cc2cnc(S)n2Cc2cc(F)cc(F)c2)CC1.Cl. The molecule has 1 fully saturated rings. The van der Waals surface area contributed by atoms with Crippen molar-refractivity contribution >= 4 is 25.0 Å². The van der Waals surface area contributed by atoms with E-state index >= 15 is 0 Å². The fraction of sp³-hybridized carbons (Fsp3) is 0.438. The summed E-state index contributed by atoms with van der Waals surface area (Å²) >= 11 is 4.37. The molecule has 132 valence electrons. The van der Waals surface area contributed by atoms with Crippen LogP contribution < -0.4 is 0 Å². The predicted molar refractivity (Wildman–Crippen MR) is 95.0 cm³/mol. The first-order valence-electron chi connectivity index (χ1n) is 7.60. The van der Waals surface area contributed by atoms with Crippen molar-refractivity contribution in [3.8, 4) is 0 Å². The molecule has 1 saturated heterocycles. The normalized spacial score (nSPS) is 16.2. The van der Waals surface area contributed by atoms with Crippen molar-refractivity contribution in [2.45, 2.75) is 18.2 Å². The number of likely N-dealkylation sites (N-methyl/N-ethyl adjacent to an activating group) is 1. The molecule has 0 aliphatic carbocycles. The fourth-order valence-corrected chi connectivity index (χ4v) is 3.08. The quantitative estimate of drug-likeness (QED) is 0.833. The maximum absolute atomic E-state index is 13.4. The molecule has 0 radical (unpaired) electrons. The fourth-order valence-electron chi connectivity index (χ4n) is 2.82. The Labute approximate surface area is 152 Å². The molecule has 0 amide bonds. The number of hydrogen-bond donors (Lipinski definition) is 1. The van der Waals surface area contributed by atoms with Crippen LogP contribution in [0.15, 0.2) is 29.6 Å². The van der Waals surface area contributed by atoms with E-state index in [0.29, 0.717) is 17.3 Å². The van der Waals surface area contributed by atoms with Gasteiger partial charge in [0.25, 0.3) is 0 Å². The molecule has 0 N–H and O–H groups in total. The van der Waals surface area contributed by atoms with Gasteiger partial charge in [-0.05, 0) is 24.7 Å². The second kappa shape index (κ2) is 8.29. The second-order valence-electron chi connectivity index (χ2n) is 5.99. The minimum Gasteiger partial charge on any atom is -0.318 e. The van der Waals surface area contributed by atoms with Crippen LogP contribution in [0.4, 0.5) is 8.78 Å². The van der Waals surface area contributed by atoms with Gasteiger partial charge in [-0.25, -0.2) is 13.8 Å². The average Bonchev–Trinajstić information content (AvgIpc) is 2.82. The maximum atomic E-state index is 13.4. The van der Waals surface area contributed by atoms with E-state index in [1.54, 1.807) is 6.20 Å². The topological polar surface area (TPSA) is 24.3 Å². The van der Waals surface area contributed by atoms with Crippen molar-refractivity contribution in [3.05, 3.63) is 47.3 Å². The smallest absolute Gasteiger partial charge is 0.165 e. The van der Waals surface area contributed by atoms with Crippen LogP contribution in [0.25, 0.3) is 0 Å². The van der Waals surface area contributed by atoms with Gasteiger partial charge in [0, 0.05) is 38.8 Å². The molecule has 2 aromatic rings. The van der Waals surface area contributed by atoms with Crippen LogP contribution in [0.1, 0.15) is 11.3 Å². The van der Waals surface area contributed by atoms with Gasteiger partial charge in [-0.2, -0.15) is 0 Å². The molecule has 0 bridgehead atoms. The minimum absolute atomic E-state index is 0. The van der Waals surface area contributed by atoms with E-state index in [1.165, 1.54) is 12.1 Å². The Morgan fingerprint density at radius 1 is 1.04 bits per heavy atom. The monoisotopic (exact) mass is 374 g/mol. The Balaban J connectivity index is 0.00000208. The lowest BCUT2D eigenvalue weighted by Crippen LogP contribution is -2.44. The molecule has 1 aromatic heterocycles. The first-order chi connectivity index (χ1) is 11.0. The zero-order valence-corrected chi connectivity index (χ0v) is 15.2. The molecular weight excluding hydrogens is 354 g/mol. The first kappa shape index (κ1) is 19.2. The van der Waals surface area contributed by atoms with Gasteiger partial charge < -0.3 is 9.47 Å². The second-order valence-corrected chi connectivity index (χ2v) is 6.39. The van der Waals surface area contributed by atoms with Crippen molar-refractivity contribution < 1.29 is 8.78 Å². The highest BCUT2D eigenvalue weighted by Gasteiger charge is 2.17. The molecule has 8 heteroatoms. The lowest BCUT2D eigenvalue weighted by atomic mass is 10.2. The third-order valence-electron chi connectivity index (χ3n) is 4.16. The van der Waals surface area contributed by atoms with E-state index < -0.39 is 11.6 Å². The molecule has 2 heterocycles. The average molecular weight is 375 g/mol. The number of benzene rings is 1. The highest BCUT2D eigenvalue weighted by molar-refractivity contribution is 7.80. The molecule has 0 spiro atoms. The number of halogens is 3. The van der Waals surface area contributed by atoms with Crippen LogP contribution in [0.5, 0.6) is 0 Å². The highest BCUT2D eigenvalue weighted by atomic mass is 35.5. The standard InChI is InChI=1S/C16H20F2N4S.ClH/c1-20-2-4-21(5-3-20)11-15-9-19-16(23)22(15)10-12-6-13(17)8-14(18)7-12;/h6-9H,2-5,10-11H2,1H3,(H,19,23);1H. The zero-order chi connectivity index (χ0) is 16.4. The van der Waals surface area contributed by atoms with Gasteiger partial charge in [-0.15, -0.1) is 25.0 Å². The summed E-state index contributed by atoms with van der Waals surface area (Å²) in [5.74, 6) is -1.14. The number of piperazine rings is 1. The summed E-state index contributed by atoms with van der Waals surface area (Å²) in [6.45, 7) is 5.19. The zero-order valence-electron chi connectivity index (χ0n) is 13.5. The summed E-state index contributed by atoms with van der Waals surface area (Å²) in [6, 6.07) is 3.57. The van der Waals surface area contributed by atoms with E-state index in [1.807, 2.05) is 4.57 Å². The van der Waals surface area contributed by atoms with Crippen LogP contribution in [0, 0.1) is 11.6 Å². The van der Waals surface area contributed by atoms with Crippen molar-refractivity contribution in [2.75, 3.05) is 33.2 Å². The van der Waals surface area contributed by atoms with Crippen molar-refractivity contribution in [1.82, 2.24) is 19.4 Å². The van der Waals surface area contributed by atoms with E-state index in [2.05, 4.69) is 34.5 Å². The van der Waals surface area contributed by atoms with Crippen LogP contribution >= 0.6 is 25.0 Å². The minimum atomic E-state index is -0.568. The molecule has 24 heavy (non-hydrogen) atoms. The van der Waals surface area contributed by atoms with Crippen LogP contribution in [0.2, 0.25) is 0 Å². The third-order valence-corrected chi connectivity index (χ3v) is 4.52. The highest BCUT2D eigenvalue weighted by Crippen LogP contribution is 2.17. The lowest BCUT2D eigenvalue weighted by molar-refractivity contribution is 0.145. The molecule has 3 rings (SSSR count). The van der Waals surface area contributed by atoms with Gasteiger partial charge >= 0.3 is 0 Å². The molecule has 0 unspecified atom stereocenters. The van der Waals surface area contributed by atoms with E-state index in [-0.39, 0.29) is 12.4 Å². The molecule has 4 nitrogen and oxygen atoms in total. The van der Waals surface area contributed by atoms with Crippen molar-refractivity contribution in [2.24, 2.45) is 0 Å². The maximum Gasteiger partial charge on any atom is 0.165 e. The first-order valence-corrected chi connectivity index (χ1v) is 8.05. The van der Waals surface area contributed by atoms with Crippen LogP contribution in [0.3, 0.4) is 0 Å². The molecule has 1 aromatic carbocycles. The molecular formula is C16H21ClF2N4S. The van der Waals surface area contributed by atoms with E-state index in [4.69, 9.17) is 0 Å². The van der Waals surface area contributed by atoms with E-state index in [9.17, 15) is 8.78 Å². The largest absolute Gasteiger partial charge is 0.318 e. The summed E-state index contributed by atoms with van der Waals surface area (Å²) in [5, 5.41) is 0.554. The van der Waals surface area contributed by atoms with Crippen molar-refractivity contribution in [3.63, 3.8) is 0 Å². The summed E-state index contributed by atoms with van der Waals surface area (Å²) in [7, 11) is 2.12. The summed E-state index contributed by atoms with van der Waals surface area (Å²) < 4.78 is 28.6. The summed E-state index contributed by atoms with van der Waals surface area (Å²) in [6.07, 6.45) is 1.79. The number of rotatable bonds is 4. The van der Waals surface area contributed by atoms with Gasteiger partial charge in [-0.3, -0.25) is 4.90 Å². The van der Waals surface area contributed by atoms with E-state index in [0.717, 1.165) is 44.5 Å². The number of nitrogens with zero attached hydrogens (tertiary/aromatic N) is 4. The summed E-state index contributed by atoms with van der Waals surface area (Å²) in [4.78, 5) is 8.89. The van der Waals surface area contributed by atoms with Gasteiger partial charge in [0.05, 0.1) is 18.4 Å². The van der Waals surface area contributed by atoms with Gasteiger partial charge in [-0.1, -0.05) is 0 Å². The number of aromatic nitrogens is 2. The van der Waals surface area contributed by atoms with Crippen molar-refractivity contribution in [1.29, 1.82) is 0 Å². The molecule has 1 aliphatic heterocycles. The van der Waals surface area contributed by atoms with Gasteiger partial charge in [0.15, 0.2) is 5.16 Å². The van der Waals surface area contributed by atoms with Crippen LogP contribution in [-0.2, 0) is 13.1 Å². The predicted octanol–water partition coefficient (Wildman–Crippen LogP) is 2.67. The van der Waals surface area contributed by atoms with Crippen LogP contribution in [-0.4, -0.2) is 52.6 Å². The number of thiol groups is 1. The summed E-state index contributed by atoms with van der Waals surface area (Å²) in [5.41, 5.74) is 1.57.